The van der Waals surface area contributed by atoms with Crippen LogP contribution in [0.15, 0.2) is 23.2 Å². The monoisotopic (exact) mass is 333 g/mol. The number of nitrogens with one attached hydrogen (secondary N) is 2. The largest absolute Gasteiger partial charge is 0.493 e. The van der Waals surface area contributed by atoms with Crippen LogP contribution in [0.25, 0.3) is 0 Å². The van der Waals surface area contributed by atoms with Crippen molar-refractivity contribution in [1.82, 2.24) is 10.6 Å². The summed E-state index contributed by atoms with van der Waals surface area (Å²) in [5.74, 6) is 2.45. The number of hydrogen-bond donors (Lipinski definition) is 2. The van der Waals surface area contributed by atoms with E-state index in [1.54, 1.807) is 7.11 Å². The van der Waals surface area contributed by atoms with E-state index < -0.39 is 0 Å². The summed E-state index contributed by atoms with van der Waals surface area (Å²) in [6.45, 7) is 7.67. The Kier molecular flexibility index (Phi) is 7.22. The Bertz CT molecular complexity index is 537. The third-order valence-corrected chi connectivity index (χ3v) is 4.04. The molecular weight excluding hydrogens is 302 g/mol. The van der Waals surface area contributed by atoms with Gasteiger partial charge < -0.3 is 20.1 Å². The van der Waals surface area contributed by atoms with Gasteiger partial charge in [-0.25, -0.2) is 4.99 Å². The second kappa shape index (κ2) is 9.40. The number of rotatable bonds is 7. The van der Waals surface area contributed by atoms with E-state index >= 15 is 0 Å². The molecule has 134 valence electrons. The number of ether oxygens (including phenoxy) is 2. The molecule has 0 bridgehead atoms. The molecular formula is C19H31N3O2. The number of guanidine groups is 1. The first-order valence-electron chi connectivity index (χ1n) is 9.01. The van der Waals surface area contributed by atoms with Gasteiger partial charge in [-0.3, -0.25) is 0 Å². The molecule has 0 amide bonds. The molecule has 2 N–H and O–H groups in total. The van der Waals surface area contributed by atoms with Crippen molar-refractivity contribution in [3.8, 4) is 11.5 Å². The summed E-state index contributed by atoms with van der Waals surface area (Å²) in [6, 6.07) is 6.35. The molecule has 0 aromatic heterocycles. The van der Waals surface area contributed by atoms with Gasteiger partial charge in [0.2, 0.25) is 0 Å². The van der Waals surface area contributed by atoms with Crippen LogP contribution >= 0.6 is 0 Å². The SMILES string of the molecule is CCNC(=NCc1cccc(OC)c1OC1CCCC1)NC(C)C. The maximum atomic E-state index is 6.27. The van der Waals surface area contributed by atoms with Crippen molar-refractivity contribution >= 4 is 5.96 Å². The maximum absolute atomic E-state index is 6.27. The first kappa shape index (κ1) is 18.4. The highest BCUT2D eigenvalue weighted by Crippen LogP contribution is 2.35. The van der Waals surface area contributed by atoms with Crippen LogP contribution in [0.4, 0.5) is 0 Å². The minimum absolute atomic E-state index is 0.297. The van der Waals surface area contributed by atoms with E-state index in [1.165, 1.54) is 12.8 Å². The van der Waals surface area contributed by atoms with Crippen LogP contribution in [0.3, 0.4) is 0 Å². The van der Waals surface area contributed by atoms with Crippen molar-refractivity contribution in [2.75, 3.05) is 13.7 Å². The van der Waals surface area contributed by atoms with Gasteiger partial charge in [-0.05, 0) is 52.5 Å². The fourth-order valence-electron chi connectivity index (χ4n) is 2.91. The Hall–Kier alpha value is -1.91. The van der Waals surface area contributed by atoms with Gasteiger partial charge in [-0.15, -0.1) is 0 Å². The third kappa shape index (κ3) is 5.32. The van der Waals surface area contributed by atoms with Crippen LogP contribution < -0.4 is 20.1 Å². The maximum Gasteiger partial charge on any atom is 0.191 e. The van der Waals surface area contributed by atoms with Gasteiger partial charge >= 0.3 is 0 Å². The lowest BCUT2D eigenvalue weighted by molar-refractivity contribution is 0.198. The number of para-hydroxylation sites is 1. The molecule has 0 aliphatic heterocycles. The summed E-state index contributed by atoms with van der Waals surface area (Å²) in [6.07, 6.45) is 5.04. The molecule has 1 aliphatic carbocycles. The van der Waals surface area contributed by atoms with Gasteiger partial charge in [-0.2, -0.15) is 0 Å². The van der Waals surface area contributed by atoms with Crippen molar-refractivity contribution in [1.29, 1.82) is 0 Å². The molecule has 0 spiro atoms. The molecule has 1 fully saturated rings. The summed E-state index contributed by atoms with van der Waals surface area (Å²) in [7, 11) is 1.69. The summed E-state index contributed by atoms with van der Waals surface area (Å²) in [5, 5.41) is 6.61. The predicted octanol–water partition coefficient (Wildman–Crippen LogP) is 3.48. The highest BCUT2D eigenvalue weighted by molar-refractivity contribution is 5.80. The minimum Gasteiger partial charge on any atom is -0.493 e. The van der Waals surface area contributed by atoms with E-state index in [4.69, 9.17) is 14.5 Å². The molecule has 0 radical (unpaired) electrons. The molecule has 0 atom stereocenters. The Morgan fingerprint density at radius 1 is 1.29 bits per heavy atom. The van der Waals surface area contributed by atoms with Crippen molar-refractivity contribution in [2.24, 2.45) is 4.99 Å². The second-order valence-electron chi connectivity index (χ2n) is 6.47. The van der Waals surface area contributed by atoms with Crippen LogP contribution in [0.5, 0.6) is 11.5 Å². The number of nitrogens with zero attached hydrogens (tertiary/aromatic N) is 1. The molecule has 2 rings (SSSR count). The van der Waals surface area contributed by atoms with E-state index in [0.29, 0.717) is 18.7 Å². The van der Waals surface area contributed by atoms with Crippen molar-refractivity contribution in [3.63, 3.8) is 0 Å². The van der Waals surface area contributed by atoms with Crippen molar-refractivity contribution in [2.45, 2.75) is 65.1 Å². The summed E-state index contributed by atoms with van der Waals surface area (Å²) in [4.78, 5) is 4.69. The first-order valence-corrected chi connectivity index (χ1v) is 9.01. The number of benzene rings is 1. The molecule has 0 saturated heterocycles. The fourth-order valence-corrected chi connectivity index (χ4v) is 2.91. The Labute approximate surface area is 145 Å². The summed E-state index contributed by atoms with van der Waals surface area (Å²) >= 11 is 0. The molecule has 0 unspecified atom stereocenters. The van der Waals surface area contributed by atoms with Crippen LogP contribution in [-0.4, -0.2) is 31.8 Å². The highest BCUT2D eigenvalue weighted by atomic mass is 16.5. The van der Waals surface area contributed by atoms with Gasteiger partial charge in [0.05, 0.1) is 19.8 Å². The van der Waals surface area contributed by atoms with Gasteiger partial charge in [-0.1, -0.05) is 12.1 Å². The van der Waals surface area contributed by atoms with E-state index in [1.807, 2.05) is 12.1 Å². The zero-order chi connectivity index (χ0) is 17.4. The average molecular weight is 333 g/mol. The normalized spacial score (nSPS) is 15.6. The summed E-state index contributed by atoms with van der Waals surface area (Å²) in [5.41, 5.74) is 1.06. The molecule has 24 heavy (non-hydrogen) atoms. The second-order valence-corrected chi connectivity index (χ2v) is 6.47. The van der Waals surface area contributed by atoms with E-state index in [-0.39, 0.29) is 0 Å². The third-order valence-electron chi connectivity index (χ3n) is 4.04. The van der Waals surface area contributed by atoms with Crippen LogP contribution in [0.2, 0.25) is 0 Å². The zero-order valence-corrected chi connectivity index (χ0v) is 15.4. The molecule has 5 heteroatoms. The predicted molar refractivity (Wildman–Crippen MR) is 99.0 cm³/mol. The molecule has 1 aromatic carbocycles. The lowest BCUT2D eigenvalue weighted by Crippen LogP contribution is -2.41. The standard InChI is InChI=1S/C19H31N3O2/c1-5-20-19(22-14(2)3)21-13-15-9-8-12-17(23-4)18(15)24-16-10-6-7-11-16/h8-9,12,14,16H,5-7,10-11,13H2,1-4H3,(H2,20,21,22). The number of hydrogen-bond acceptors (Lipinski definition) is 3. The minimum atomic E-state index is 0.297. The topological polar surface area (TPSA) is 54.9 Å². The van der Waals surface area contributed by atoms with Crippen molar-refractivity contribution < 1.29 is 9.47 Å². The van der Waals surface area contributed by atoms with Gasteiger partial charge in [0, 0.05) is 18.2 Å². The van der Waals surface area contributed by atoms with Gasteiger partial charge in [0.15, 0.2) is 17.5 Å². The summed E-state index contributed by atoms with van der Waals surface area (Å²) < 4.78 is 11.8. The zero-order valence-electron chi connectivity index (χ0n) is 15.4. The van der Waals surface area contributed by atoms with E-state index in [2.05, 4.69) is 37.5 Å². The van der Waals surface area contributed by atoms with Gasteiger partial charge in [0.25, 0.3) is 0 Å². The lowest BCUT2D eigenvalue weighted by atomic mass is 10.1. The highest BCUT2D eigenvalue weighted by Gasteiger charge is 2.20. The van der Waals surface area contributed by atoms with Crippen LogP contribution in [0, 0.1) is 0 Å². The Morgan fingerprint density at radius 3 is 2.67 bits per heavy atom. The Balaban J connectivity index is 2.17. The van der Waals surface area contributed by atoms with E-state index in [9.17, 15) is 0 Å². The fraction of sp³-hybridized carbons (Fsp3) is 0.632. The van der Waals surface area contributed by atoms with Gasteiger partial charge in [0.1, 0.15) is 0 Å². The number of aliphatic imine (C=N–C) groups is 1. The van der Waals surface area contributed by atoms with Crippen LogP contribution in [-0.2, 0) is 6.54 Å². The Morgan fingerprint density at radius 2 is 2.04 bits per heavy atom. The first-order chi connectivity index (χ1) is 11.6. The molecule has 1 saturated carbocycles. The molecule has 0 heterocycles. The molecule has 5 nitrogen and oxygen atoms in total. The molecule has 1 aromatic rings. The van der Waals surface area contributed by atoms with E-state index in [0.717, 1.165) is 42.4 Å². The molecule has 1 aliphatic rings. The van der Waals surface area contributed by atoms with Crippen LogP contribution in [0.1, 0.15) is 52.0 Å². The lowest BCUT2D eigenvalue weighted by Gasteiger charge is -2.19. The van der Waals surface area contributed by atoms with Crippen molar-refractivity contribution in [3.05, 3.63) is 23.8 Å². The smallest absolute Gasteiger partial charge is 0.191 e. The quantitative estimate of drug-likeness (QED) is 0.592. The average Bonchev–Trinajstić information content (AvgIpc) is 3.06. The number of methoxy groups -OCH3 is 1.